The summed E-state index contributed by atoms with van der Waals surface area (Å²) in [4.78, 5) is 0. The lowest BCUT2D eigenvalue weighted by atomic mass is 9.69. The zero-order chi connectivity index (χ0) is 12.8. The van der Waals surface area contributed by atoms with E-state index in [0.717, 1.165) is 0 Å². The predicted octanol–water partition coefficient (Wildman–Crippen LogP) is 4.51. The molecule has 3 rings (SSSR count). The Morgan fingerprint density at radius 2 is 1.89 bits per heavy atom. The van der Waals surface area contributed by atoms with Crippen LogP contribution in [0.4, 0.5) is 0 Å². The van der Waals surface area contributed by atoms with Crippen molar-refractivity contribution in [3.05, 3.63) is 47.5 Å². The highest BCUT2D eigenvalue weighted by Gasteiger charge is 2.45. The summed E-state index contributed by atoms with van der Waals surface area (Å²) in [5.41, 5.74) is 2.83. The molecule has 1 heterocycles. The summed E-state index contributed by atoms with van der Waals surface area (Å²) >= 11 is 0. The Bertz CT molecular complexity index is 458. The monoisotopic (exact) mass is 242 g/mol. The summed E-state index contributed by atoms with van der Waals surface area (Å²) in [7, 11) is 0. The summed E-state index contributed by atoms with van der Waals surface area (Å²) in [6.45, 7) is 6.76. The average molecular weight is 242 g/mol. The van der Waals surface area contributed by atoms with Crippen molar-refractivity contribution in [2.24, 2.45) is 11.8 Å². The Morgan fingerprint density at radius 1 is 1.17 bits per heavy atom. The molecule has 0 radical (unpaired) electrons. The van der Waals surface area contributed by atoms with Crippen molar-refractivity contribution in [3.8, 4) is 0 Å². The van der Waals surface area contributed by atoms with Crippen LogP contribution in [0.2, 0.25) is 0 Å². The molecule has 1 saturated heterocycles. The SMILES string of the molecule is CC1=CC[C@H]2C[C@H]1[C@H](c1ccccc1)OC2(C)C. The summed E-state index contributed by atoms with van der Waals surface area (Å²) in [5, 5.41) is 0. The molecular weight excluding hydrogens is 220 g/mol. The largest absolute Gasteiger partial charge is 0.367 e. The maximum Gasteiger partial charge on any atom is 0.0897 e. The number of rotatable bonds is 1. The summed E-state index contributed by atoms with van der Waals surface area (Å²) < 4.78 is 6.46. The van der Waals surface area contributed by atoms with Crippen LogP contribution in [0, 0.1) is 11.8 Å². The van der Waals surface area contributed by atoms with Crippen LogP contribution in [0.3, 0.4) is 0 Å². The average Bonchev–Trinajstić information content (AvgIpc) is 2.37. The highest BCUT2D eigenvalue weighted by molar-refractivity contribution is 5.25. The zero-order valence-corrected chi connectivity index (χ0v) is 11.5. The van der Waals surface area contributed by atoms with E-state index in [1.807, 2.05) is 0 Å². The molecule has 0 unspecified atom stereocenters. The zero-order valence-electron chi connectivity index (χ0n) is 11.5. The van der Waals surface area contributed by atoms with Crippen LogP contribution in [-0.4, -0.2) is 5.60 Å². The van der Waals surface area contributed by atoms with Crippen molar-refractivity contribution in [1.82, 2.24) is 0 Å². The van der Waals surface area contributed by atoms with Crippen LogP contribution < -0.4 is 0 Å². The minimum atomic E-state index is -0.00575. The Morgan fingerprint density at radius 3 is 2.61 bits per heavy atom. The Labute approximate surface area is 110 Å². The van der Waals surface area contributed by atoms with Gasteiger partial charge in [0.05, 0.1) is 11.7 Å². The number of allylic oxidation sites excluding steroid dienone is 1. The van der Waals surface area contributed by atoms with Crippen molar-refractivity contribution in [1.29, 1.82) is 0 Å². The lowest BCUT2D eigenvalue weighted by Gasteiger charge is -2.49. The van der Waals surface area contributed by atoms with Gasteiger partial charge in [0.25, 0.3) is 0 Å². The van der Waals surface area contributed by atoms with Gasteiger partial charge in [0, 0.05) is 5.92 Å². The molecule has 0 amide bonds. The fourth-order valence-electron chi connectivity index (χ4n) is 3.45. The first kappa shape index (κ1) is 12.0. The van der Waals surface area contributed by atoms with E-state index in [1.165, 1.54) is 24.0 Å². The molecule has 0 saturated carbocycles. The Kier molecular flexibility index (Phi) is 2.82. The lowest BCUT2D eigenvalue weighted by molar-refractivity contribution is -0.166. The highest BCUT2D eigenvalue weighted by Crippen LogP contribution is 2.50. The van der Waals surface area contributed by atoms with Gasteiger partial charge < -0.3 is 4.74 Å². The molecule has 1 fully saturated rings. The molecule has 18 heavy (non-hydrogen) atoms. The van der Waals surface area contributed by atoms with Gasteiger partial charge in [-0.1, -0.05) is 42.0 Å². The number of benzene rings is 1. The topological polar surface area (TPSA) is 9.23 Å². The van der Waals surface area contributed by atoms with Crippen molar-refractivity contribution >= 4 is 0 Å². The van der Waals surface area contributed by atoms with Crippen LogP contribution in [0.15, 0.2) is 42.0 Å². The molecular formula is C17H22O. The molecule has 1 heteroatoms. The smallest absolute Gasteiger partial charge is 0.0897 e. The van der Waals surface area contributed by atoms with Gasteiger partial charge in [-0.05, 0) is 45.1 Å². The first-order chi connectivity index (χ1) is 8.58. The first-order valence-electron chi connectivity index (χ1n) is 6.97. The van der Waals surface area contributed by atoms with E-state index < -0.39 is 0 Å². The van der Waals surface area contributed by atoms with E-state index in [-0.39, 0.29) is 11.7 Å². The Balaban J connectivity index is 1.99. The second kappa shape index (κ2) is 4.24. The molecule has 2 bridgehead atoms. The van der Waals surface area contributed by atoms with Gasteiger partial charge in [0.15, 0.2) is 0 Å². The number of hydrogen-bond acceptors (Lipinski definition) is 1. The number of ether oxygens (including phenoxy) is 1. The van der Waals surface area contributed by atoms with Gasteiger partial charge in [0.2, 0.25) is 0 Å². The molecule has 2 aliphatic rings. The maximum absolute atomic E-state index is 6.46. The molecule has 96 valence electrons. The molecule has 0 spiro atoms. The quantitative estimate of drug-likeness (QED) is 0.658. The normalized spacial score (nSPS) is 33.9. The molecule has 1 aliphatic heterocycles. The van der Waals surface area contributed by atoms with E-state index in [2.05, 4.69) is 57.2 Å². The summed E-state index contributed by atoms with van der Waals surface area (Å²) in [5.74, 6) is 1.24. The molecule has 1 aromatic rings. The van der Waals surface area contributed by atoms with Crippen LogP contribution in [0.25, 0.3) is 0 Å². The predicted molar refractivity (Wildman–Crippen MR) is 74.3 cm³/mol. The highest BCUT2D eigenvalue weighted by atomic mass is 16.5. The van der Waals surface area contributed by atoms with Crippen molar-refractivity contribution in [2.75, 3.05) is 0 Å². The fourth-order valence-corrected chi connectivity index (χ4v) is 3.45. The molecule has 1 aromatic carbocycles. The van der Waals surface area contributed by atoms with Gasteiger partial charge in [-0.15, -0.1) is 0 Å². The Hall–Kier alpha value is -1.08. The number of hydrogen-bond donors (Lipinski definition) is 0. The summed E-state index contributed by atoms with van der Waals surface area (Å²) in [6, 6.07) is 10.7. The third kappa shape index (κ3) is 1.91. The van der Waals surface area contributed by atoms with Crippen LogP contribution >= 0.6 is 0 Å². The first-order valence-corrected chi connectivity index (χ1v) is 6.97. The van der Waals surface area contributed by atoms with E-state index >= 15 is 0 Å². The summed E-state index contributed by atoms with van der Waals surface area (Å²) in [6.07, 6.45) is 5.11. The maximum atomic E-state index is 6.46. The molecule has 0 N–H and O–H groups in total. The lowest BCUT2D eigenvalue weighted by Crippen LogP contribution is -2.45. The molecule has 1 nitrogen and oxygen atoms in total. The molecule has 3 atom stereocenters. The van der Waals surface area contributed by atoms with Crippen molar-refractivity contribution < 1.29 is 4.74 Å². The molecule has 1 aliphatic carbocycles. The van der Waals surface area contributed by atoms with Gasteiger partial charge in [-0.25, -0.2) is 0 Å². The van der Waals surface area contributed by atoms with Crippen LogP contribution in [-0.2, 0) is 4.74 Å². The third-order valence-electron chi connectivity index (χ3n) is 4.76. The standard InChI is InChI=1S/C17H22O/c1-12-9-10-14-11-15(12)16(18-17(14,2)3)13-7-5-4-6-8-13/h4-9,14-16H,10-11H2,1-3H3/t14-,15+,16-/m0/s1. The van der Waals surface area contributed by atoms with Gasteiger partial charge in [0.1, 0.15) is 0 Å². The van der Waals surface area contributed by atoms with Gasteiger partial charge in [-0.2, -0.15) is 0 Å². The number of fused-ring (bicyclic) bond motifs is 2. The van der Waals surface area contributed by atoms with Crippen molar-refractivity contribution in [3.63, 3.8) is 0 Å². The van der Waals surface area contributed by atoms with Gasteiger partial charge in [-0.3, -0.25) is 0 Å². The second-order valence-corrected chi connectivity index (χ2v) is 6.28. The minimum Gasteiger partial charge on any atom is -0.367 e. The van der Waals surface area contributed by atoms with E-state index in [9.17, 15) is 0 Å². The fraction of sp³-hybridized carbons (Fsp3) is 0.529. The van der Waals surface area contributed by atoms with E-state index in [1.54, 1.807) is 0 Å². The van der Waals surface area contributed by atoms with Crippen LogP contribution in [0.5, 0.6) is 0 Å². The molecule has 0 aromatic heterocycles. The second-order valence-electron chi connectivity index (χ2n) is 6.28. The van der Waals surface area contributed by atoms with E-state index in [4.69, 9.17) is 4.74 Å². The minimum absolute atomic E-state index is 0.00575. The van der Waals surface area contributed by atoms with Gasteiger partial charge >= 0.3 is 0 Å². The van der Waals surface area contributed by atoms with Crippen molar-refractivity contribution in [2.45, 2.75) is 45.3 Å². The van der Waals surface area contributed by atoms with Crippen LogP contribution in [0.1, 0.15) is 45.3 Å². The third-order valence-corrected chi connectivity index (χ3v) is 4.76. The van der Waals surface area contributed by atoms with E-state index in [0.29, 0.717) is 11.8 Å².